The monoisotopic (exact) mass is 350 g/mol. The van der Waals surface area contributed by atoms with Crippen molar-refractivity contribution in [2.24, 2.45) is 5.92 Å². The minimum Gasteiger partial charge on any atom is -0.481 e. The molecule has 1 aliphatic heterocycles. The number of carbonyl (C=O) groups excluding carboxylic acids is 1. The summed E-state index contributed by atoms with van der Waals surface area (Å²) in [6.07, 6.45) is 12.3. The fourth-order valence-electron chi connectivity index (χ4n) is 3.40. The highest BCUT2D eigenvalue weighted by molar-refractivity contribution is 5.99. The summed E-state index contributed by atoms with van der Waals surface area (Å²) < 4.78 is 5.54. The van der Waals surface area contributed by atoms with Crippen molar-refractivity contribution < 1.29 is 24.5 Å². The van der Waals surface area contributed by atoms with Gasteiger partial charge in [0, 0.05) is 18.8 Å². The molecule has 2 fully saturated rings. The number of unbranched alkanes of at least 4 members (excludes halogenated alkanes) is 3. The van der Waals surface area contributed by atoms with Crippen LogP contribution in [-0.4, -0.2) is 40.3 Å². The molecule has 0 bridgehead atoms. The molecule has 0 aromatic carbocycles. The summed E-state index contributed by atoms with van der Waals surface area (Å²) in [7, 11) is 0. The summed E-state index contributed by atoms with van der Waals surface area (Å²) in [5.41, 5.74) is 0.691. The largest absolute Gasteiger partial charge is 0.481 e. The van der Waals surface area contributed by atoms with Crippen molar-refractivity contribution in [3.63, 3.8) is 0 Å². The summed E-state index contributed by atoms with van der Waals surface area (Å²) in [4.78, 5) is 22.7. The number of allylic oxidation sites excluding steroid dienone is 2. The van der Waals surface area contributed by atoms with Crippen LogP contribution in [0.4, 0.5) is 0 Å². The number of hydrogen-bond acceptors (Lipinski definition) is 4. The average Bonchev–Trinajstić information content (AvgIpc) is 3.23. The molecule has 0 spiro atoms. The van der Waals surface area contributed by atoms with E-state index in [-0.39, 0.29) is 36.8 Å². The molecule has 2 rings (SSSR count). The van der Waals surface area contributed by atoms with Gasteiger partial charge in [0.2, 0.25) is 0 Å². The third kappa shape index (κ3) is 6.40. The minimum atomic E-state index is -0.796. The van der Waals surface area contributed by atoms with E-state index in [9.17, 15) is 14.7 Å². The highest BCUT2D eigenvalue weighted by Crippen LogP contribution is 2.36. The molecule has 140 valence electrons. The number of epoxide rings is 1. The van der Waals surface area contributed by atoms with Gasteiger partial charge in [-0.05, 0) is 43.8 Å². The predicted molar refractivity (Wildman–Crippen MR) is 95.3 cm³/mol. The molecule has 2 N–H and O–H groups in total. The molecule has 0 amide bonds. The lowest BCUT2D eigenvalue weighted by Crippen LogP contribution is -2.14. The van der Waals surface area contributed by atoms with Gasteiger partial charge in [0.15, 0.2) is 5.78 Å². The molecule has 0 radical (unpaired) electrons. The third-order valence-corrected chi connectivity index (χ3v) is 4.96. The molecule has 0 unspecified atom stereocenters. The Morgan fingerprint density at radius 2 is 2.08 bits per heavy atom. The van der Waals surface area contributed by atoms with E-state index >= 15 is 0 Å². The van der Waals surface area contributed by atoms with Gasteiger partial charge >= 0.3 is 5.97 Å². The summed E-state index contributed by atoms with van der Waals surface area (Å²) in [5.74, 6) is -0.925. The zero-order chi connectivity index (χ0) is 18.2. The second-order valence-corrected chi connectivity index (χ2v) is 7.05. The summed E-state index contributed by atoms with van der Waals surface area (Å²) in [5, 5.41) is 18.8. The van der Waals surface area contributed by atoms with Crippen molar-refractivity contribution in [2.45, 2.75) is 83.0 Å². The lowest BCUT2D eigenvalue weighted by Gasteiger charge is -2.12. The van der Waals surface area contributed by atoms with Crippen LogP contribution in [0.1, 0.15) is 64.7 Å². The number of ether oxygens (including phenoxy) is 1. The summed E-state index contributed by atoms with van der Waals surface area (Å²) in [6, 6.07) is 0. The van der Waals surface area contributed by atoms with Crippen LogP contribution in [0.2, 0.25) is 0 Å². The summed E-state index contributed by atoms with van der Waals surface area (Å²) >= 11 is 0. The van der Waals surface area contributed by atoms with Crippen molar-refractivity contribution in [3.05, 3.63) is 23.8 Å². The SMILES string of the molecule is CCCCC/C=C\C[C@H]1/C(=C\[C@@H]2O[C@H]2CCCC(=O)O)C(=O)C[C@H]1O. The highest BCUT2D eigenvalue weighted by atomic mass is 16.6. The maximum Gasteiger partial charge on any atom is 0.303 e. The highest BCUT2D eigenvalue weighted by Gasteiger charge is 2.41. The van der Waals surface area contributed by atoms with E-state index in [0.717, 1.165) is 6.42 Å². The Kier molecular flexibility index (Phi) is 7.85. The Bertz CT molecular complexity index is 522. The van der Waals surface area contributed by atoms with E-state index in [4.69, 9.17) is 9.84 Å². The van der Waals surface area contributed by atoms with E-state index < -0.39 is 12.1 Å². The Morgan fingerprint density at radius 1 is 1.28 bits per heavy atom. The van der Waals surface area contributed by atoms with Crippen LogP contribution >= 0.6 is 0 Å². The van der Waals surface area contributed by atoms with Gasteiger partial charge in [0.05, 0.1) is 12.2 Å². The Labute approximate surface area is 149 Å². The maximum atomic E-state index is 12.2. The number of ketones is 1. The molecule has 2 aliphatic rings. The van der Waals surface area contributed by atoms with Crippen LogP contribution in [0.25, 0.3) is 0 Å². The first-order valence-corrected chi connectivity index (χ1v) is 9.48. The quantitative estimate of drug-likeness (QED) is 0.258. The number of carboxylic acid groups (broad SMARTS) is 1. The second kappa shape index (κ2) is 9.88. The molecule has 0 aromatic heterocycles. The van der Waals surface area contributed by atoms with Gasteiger partial charge in [-0.1, -0.05) is 31.9 Å². The number of aliphatic hydroxyl groups excluding tert-OH is 1. The van der Waals surface area contributed by atoms with Gasteiger partial charge < -0.3 is 14.9 Å². The molecule has 1 heterocycles. The molecule has 5 heteroatoms. The van der Waals surface area contributed by atoms with Crippen molar-refractivity contribution >= 4 is 11.8 Å². The first-order valence-electron chi connectivity index (χ1n) is 9.48. The van der Waals surface area contributed by atoms with Crippen molar-refractivity contribution in [1.29, 1.82) is 0 Å². The number of aliphatic hydroxyl groups is 1. The number of hydrogen-bond donors (Lipinski definition) is 2. The van der Waals surface area contributed by atoms with Gasteiger partial charge in [-0.25, -0.2) is 0 Å². The molecule has 25 heavy (non-hydrogen) atoms. The van der Waals surface area contributed by atoms with Gasteiger partial charge in [-0.15, -0.1) is 0 Å². The summed E-state index contributed by atoms with van der Waals surface area (Å²) in [6.45, 7) is 2.18. The van der Waals surface area contributed by atoms with Crippen LogP contribution in [0.15, 0.2) is 23.8 Å². The predicted octanol–water partition coefficient (Wildman–Crippen LogP) is 3.41. The Hall–Kier alpha value is -1.46. The van der Waals surface area contributed by atoms with Crippen LogP contribution in [0.5, 0.6) is 0 Å². The van der Waals surface area contributed by atoms with Gasteiger partial charge in [-0.2, -0.15) is 0 Å². The molecule has 1 saturated heterocycles. The smallest absolute Gasteiger partial charge is 0.303 e. The van der Waals surface area contributed by atoms with Crippen LogP contribution in [0, 0.1) is 5.92 Å². The van der Waals surface area contributed by atoms with E-state index in [2.05, 4.69) is 19.1 Å². The molecule has 4 atom stereocenters. The molecule has 1 saturated carbocycles. The van der Waals surface area contributed by atoms with Gasteiger partial charge in [-0.3, -0.25) is 9.59 Å². The Balaban J connectivity index is 1.82. The zero-order valence-electron chi connectivity index (χ0n) is 15.0. The third-order valence-electron chi connectivity index (χ3n) is 4.96. The van der Waals surface area contributed by atoms with Gasteiger partial charge in [0.25, 0.3) is 0 Å². The van der Waals surface area contributed by atoms with Crippen LogP contribution < -0.4 is 0 Å². The van der Waals surface area contributed by atoms with Crippen molar-refractivity contribution in [2.75, 3.05) is 0 Å². The van der Waals surface area contributed by atoms with E-state index in [1.165, 1.54) is 19.3 Å². The zero-order valence-corrected chi connectivity index (χ0v) is 15.0. The lowest BCUT2D eigenvalue weighted by molar-refractivity contribution is -0.137. The number of carbonyl (C=O) groups is 2. The number of aliphatic carboxylic acids is 1. The standard InChI is InChI=1S/C20H30O5/c1-2-3-4-5-6-7-9-14-15(17(22)13-16(14)21)12-19-18(25-19)10-8-11-20(23)24/h6-7,12,14,16,18-19,21H,2-5,8-11,13H2,1H3,(H,23,24)/b7-6-,15-12+/t14-,16+,18-,19-/m0/s1. The normalized spacial score (nSPS) is 30.5. The van der Waals surface area contributed by atoms with Crippen LogP contribution in [0.3, 0.4) is 0 Å². The number of Topliss-reactive ketones (excluding diaryl/α,β-unsaturated/α-hetero) is 1. The fraction of sp³-hybridized carbons (Fsp3) is 0.700. The number of rotatable bonds is 11. The van der Waals surface area contributed by atoms with Crippen LogP contribution in [-0.2, 0) is 14.3 Å². The first-order chi connectivity index (χ1) is 12.0. The van der Waals surface area contributed by atoms with E-state index in [1.54, 1.807) is 0 Å². The van der Waals surface area contributed by atoms with E-state index in [0.29, 0.717) is 24.8 Å². The molecular formula is C20H30O5. The second-order valence-electron chi connectivity index (χ2n) is 7.05. The first kappa shape index (κ1) is 19.9. The molecular weight excluding hydrogens is 320 g/mol. The van der Waals surface area contributed by atoms with Crippen molar-refractivity contribution in [3.8, 4) is 0 Å². The van der Waals surface area contributed by atoms with Crippen molar-refractivity contribution in [1.82, 2.24) is 0 Å². The van der Waals surface area contributed by atoms with E-state index in [1.807, 2.05) is 6.08 Å². The molecule has 0 aromatic rings. The fourth-order valence-corrected chi connectivity index (χ4v) is 3.40. The maximum absolute atomic E-state index is 12.2. The molecule has 5 nitrogen and oxygen atoms in total. The topological polar surface area (TPSA) is 87.1 Å². The van der Waals surface area contributed by atoms with Gasteiger partial charge in [0.1, 0.15) is 6.10 Å². The number of carboxylic acids is 1. The average molecular weight is 350 g/mol. The Morgan fingerprint density at radius 3 is 2.80 bits per heavy atom. The lowest BCUT2D eigenvalue weighted by atomic mass is 9.95. The minimum absolute atomic E-state index is 0.0108. The molecule has 1 aliphatic carbocycles.